The molecule has 2 atom stereocenters. The van der Waals surface area contributed by atoms with Gasteiger partial charge < -0.3 is 24.6 Å². The van der Waals surface area contributed by atoms with E-state index in [1.807, 2.05) is 26.8 Å². The third-order valence-electron chi connectivity index (χ3n) is 5.95. The van der Waals surface area contributed by atoms with Crippen LogP contribution in [0.5, 0.6) is 0 Å². The van der Waals surface area contributed by atoms with Crippen molar-refractivity contribution in [3.8, 4) is 12.3 Å². The van der Waals surface area contributed by atoms with Gasteiger partial charge in [-0.25, -0.2) is 4.79 Å². The van der Waals surface area contributed by atoms with Crippen molar-refractivity contribution in [2.24, 2.45) is 5.92 Å². The largest absolute Gasteiger partial charge is 0.466 e. The molecule has 0 bridgehead atoms. The number of carbonyl (C=O) groups excluding carboxylic acids is 4. The van der Waals surface area contributed by atoms with Crippen LogP contribution in [0.15, 0.2) is 11.6 Å². The van der Waals surface area contributed by atoms with Crippen LogP contribution in [0, 0.1) is 18.3 Å². The van der Waals surface area contributed by atoms with E-state index in [1.165, 1.54) is 0 Å². The number of nitrogens with one attached hydrogen (secondary N) is 1. The van der Waals surface area contributed by atoms with Crippen molar-refractivity contribution in [2.45, 2.75) is 77.9 Å². The summed E-state index contributed by atoms with van der Waals surface area (Å²) in [5.74, 6) is 1.37. The zero-order valence-corrected chi connectivity index (χ0v) is 21.4. The summed E-state index contributed by atoms with van der Waals surface area (Å²) in [5, 5.41) is 2.73. The van der Waals surface area contributed by atoms with Gasteiger partial charge in [-0.15, -0.1) is 6.42 Å². The van der Waals surface area contributed by atoms with E-state index in [2.05, 4.69) is 11.2 Å². The number of hydrogen-bond donors (Lipinski definition) is 1. The number of esters is 1. The molecule has 0 aliphatic carbocycles. The maximum atomic E-state index is 12.8. The third-order valence-corrected chi connectivity index (χ3v) is 5.95. The molecule has 194 valence electrons. The third kappa shape index (κ3) is 9.63. The molecule has 2 aliphatic heterocycles. The normalized spacial score (nSPS) is 19.2. The van der Waals surface area contributed by atoms with E-state index in [-0.39, 0.29) is 36.9 Å². The van der Waals surface area contributed by atoms with Crippen LogP contribution in [0.25, 0.3) is 0 Å². The quantitative estimate of drug-likeness (QED) is 0.319. The molecular weight excluding hydrogens is 450 g/mol. The van der Waals surface area contributed by atoms with E-state index in [0.29, 0.717) is 51.9 Å². The van der Waals surface area contributed by atoms with Crippen LogP contribution in [0.3, 0.4) is 0 Å². The summed E-state index contributed by atoms with van der Waals surface area (Å²) in [6.07, 6.45) is 10.2. The van der Waals surface area contributed by atoms with E-state index in [4.69, 9.17) is 15.9 Å². The minimum absolute atomic E-state index is 0.0120. The first-order valence-corrected chi connectivity index (χ1v) is 12.4. The second kappa shape index (κ2) is 13.2. The molecular formula is C26H39N3O6. The maximum Gasteiger partial charge on any atom is 0.410 e. The van der Waals surface area contributed by atoms with Gasteiger partial charge in [0.25, 0.3) is 0 Å². The number of piperidine rings is 1. The lowest BCUT2D eigenvalue weighted by Gasteiger charge is -2.33. The second-order valence-electron chi connectivity index (χ2n) is 9.95. The lowest BCUT2D eigenvalue weighted by Crippen LogP contribution is -2.47. The molecule has 0 aromatic rings. The average molecular weight is 490 g/mol. The number of rotatable bonds is 8. The first-order chi connectivity index (χ1) is 16.5. The smallest absolute Gasteiger partial charge is 0.410 e. The van der Waals surface area contributed by atoms with E-state index in [1.54, 1.807) is 16.7 Å². The first kappa shape index (κ1) is 28.2. The molecule has 0 spiro atoms. The van der Waals surface area contributed by atoms with Crippen molar-refractivity contribution in [3.63, 3.8) is 0 Å². The summed E-state index contributed by atoms with van der Waals surface area (Å²) in [5.41, 5.74) is 0.625. The van der Waals surface area contributed by atoms with Crippen LogP contribution in [-0.4, -0.2) is 78.1 Å². The number of hydrogen-bond acceptors (Lipinski definition) is 6. The lowest BCUT2D eigenvalue weighted by atomic mass is 9.95. The minimum Gasteiger partial charge on any atom is -0.466 e. The molecule has 0 aromatic heterocycles. The molecule has 1 saturated heterocycles. The topological polar surface area (TPSA) is 105 Å². The molecule has 3 amide bonds. The predicted octanol–water partition coefficient (Wildman–Crippen LogP) is 2.64. The summed E-state index contributed by atoms with van der Waals surface area (Å²) in [7, 11) is 0. The summed E-state index contributed by atoms with van der Waals surface area (Å²) < 4.78 is 10.3. The lowest BCUT2D eigenvalue weighted by molar-refractivity contribution is -0.143. The van der Waals surface area contributed by atoms with Crippen molar-refractivity contribution in [1.82, 2.24) is 15.1 Å². The van der Waals surface area contributed by atoms with Gasteiger partial charge in [-0.2, -0.15) is 0 Å². The summed E-state index contributed by atoms with van der Waals surface area (Å²) >= 11 is 0. The number of terminal acetylenes is 1. The highest BCUT2D eigenvalue weighted by atomic mass is 16.6. The van der Waals surface area contributed by atoms with E-state index in [9.17, 15) is 19.2 Å². The maximum absolute atomic E-state index is 12.8. The Morgan fingerprint density at radius 2 is 1.97 bits per heavy atom. The number of carbonyl (C=O) groups is 4. The average Bonchev–Trinajstić information content (AvgIpc) is 2.81. The molecule has 2 rings (SSSR count). The predicted molar refractivity (Wildman–Crippen MR) is 131 cm³/mol. The Balaban J connectivity index is 1.79. The standard InChI is InChI=1S/C26H39N3O6/c1-6-21(17-23(31)34-7-2)27-24(32)20-9-8-14-29(18-20)22(30)11-10-19-12-15-28(16-13-19)25(33)35-26(3,4)5/h1,12,20-21H,7-11,13-18H2,2-5H3,(H,27,32)/t20-,21-/m1/s1. The van der Waals surface area contributed by atoms with Gasteiger partial charge in [0.1, 0.15) is 11.6 Å². The second-order valence-corrected chi connectivity index (χ2v) is 9.95. The van der Waals surface area contributed by atoms with Crippen molar-refractivity contribution < 1.29 is 28.7 Å². The van der Waals surface area contributed by atoms with Crippen molar-refractivity contribution >= 4 is 23.9 Å². The van der Waals surface area contributed by atoms with E-state index in [0.717, 1.165) is 12.0 Å². The van der Waals surface area contributed by atoms with Crippen LogP contribution in [0.1, 0.15) is 66.2 Å². The Bertz CT molecular complexity index is 854. The summed E-state index contributed by atoms with van der Waals surface area (Å²) in [6, 6.07) is -0.730. The van der Waals surface area contributed by atoms with Gasteiger partial charge in [-0.1, -0.05) is 17.6 Å². The van der Waals surface area contributed by atoms with E-state index >= 15 is 0 Å². The number of ether oxygens (including phenoxy) is 2. The van der Waals surface area contributed by atoms with Gasteiger partial charge in [-0.05, 0) is 53.4 Å². The molecule has 0 radical (unpaired) electrons. The van der Waals surface area contributed by atoms with Gasteiger partial charge >= 0.3 is 12.1 Å². The molecule has 0 unspecified atom stereocenters. The monoisotopic (exact) mass is 489 g/mol. The van der Waals surface area contributed by atoms with Crippen LogP contribution in [-0.2, 0) is 23.9 Å². The molecule has 0 aromatic carbocycles. The van der Waals surface area contributed by atoms with Gasteiger partial charge in [0, 0.05) is 32.6 Å². The van der Waals surface area contributed by atoms with Crippen LogP contribution in [0.4, 0.5) is 4.79 Å². The Labute approximate surface area is 208 Å². The molecule has 2 heterocycles. The Kier molecular flexibility index (Phi) is 10.6. The van der Waals surface area contributed by atoms with Crippen LogP contribution < -0.4 is 5.32 Å². The van der Waals surface area contributed by atoms with E-state index < -0.39 is 17.6 Å². The van der Waals surface area contributed by atoms with Gasteiger partial charge in [0.15, 0.2) is 0 Å². The molecule has 1 fully saturated rings. The summed E-state index contributed by atoms with van der Waals surface area (Å²) in [4.78, 5) is 52.8. The molecule has 9 nitrogen and oxygen atoms in total. The molecule has 35 heavy (non-hydrogen) atoms. The summed E-state index contributed by atoms with van der Waals surface area (Å²) in [6.45, 7) is 9.49. The zero-order chi connectivity index (χ0) is 26.0. The highest BCUT2D eigenvalue weighted by Crippen LogP contribution is 2.22. The van der Waals surface area contributed by atoms with Crippen molar-refractivity contribution in [2.75, 3.05) is 32.8 Å². The Morgan fingerprint density at radius 3 is 2.57 bits per heavy atom. The fourth-order valence-electron chi connectivity index (χ4n) is 4.10. The fourth-order valence-corrected chi connectivity index (χ4v) is 4.10. The van der Waals surface area contributed by atoms with Gasteiger partial charge in [0.05, 0.1) is 18.9 Å². The number of nitrogens with zero attached hydrogens (tertiary/aromatic N) is 2. The number of amides is 3. The van der Waals surface area contributed by atoms with Crippen LogP contribution >= 0.6 is 0 Å². The first-order valence-electron chi connectivity index (χ1n) is 12.4. The zero-order valence-electron chi connectivity index (χ0n) is 21.4. The SMILES string of the molecule is C#C[C@H](CC(=O)OCC)NC(=O)[C@@H]1CCCN(C(=O)CCC2=CCN(C(=O)OC(C)(C)C)CC2)C1. The Morgan fingerprint density at radius 1 is 1.23 bits per heavy atom. The van der Waals surface area contributed by atoms with Gasteiger partial charge in [-0.3, -0.25) is 14.4 Å². The van der Waals surface area contributed by atoms with Crippen molar-refractivity contribution in [1.29, 1.82) is 0 Å². The van der Waals surface area contributed by atoms with Crippen LogP contribution in [0.2, 0.25) is 0 Å². The molecule has 2 aliphatic rings. The van der Waals surface area contributed by atoms with Crippen molar-refractivity contribution in [3.05, 3.63) is 11.6 Å². The highest BCUT2D eigenvalue weighted by Gasteiger charge is 2.30. The van der Waals surface area contributed by atoms with Gasteiger partial charge in [0.2, 0.25) is 11.8 Å². The minimum atomic E-state index is -0.730. The highest BCUT2D eigenvalue weighted by molar-refractivity contribution is 5.82. The Hall–Kier alpha value is -3.02. The molecule has 9 heteroatoms. The fraction of sp³-hybridized carbons (Fsp3) is 0.692. The number of likely N-dealkylation sites (tertiary alicyclic amines) is 1. The molecule has 1 N–H and O–H groups in total. The molecule has 0 saturated carbocycles.